The van der Waals surface area contributed by atoms with Gasteiger partial charge < -0.3 is 20.3 Å². The molecule has 0 atom stereocenters. The molecule has 27 heavy (non-hydrogen) atoms. The number of guanidine groups is 1. The maximum atomic E-state index is 5.19. The first-order chi connectivity index (χ1) is 12.6. The molecular formula is C21H31IN4O. The van der Waals surface area contributed by atoms with Crippen LogP contribution in [0.25, 0.3) is 0 Å². The van der Waals surface area contributed by atoms with E-state index in [9.17, 15) is 0 Å². The van der Waals surface area contributed by atoms with Gasteiger partial charge in [0.25, 0.3) is 0 Å². The largest absolute Gasteiger partial charge is 0.497 e. The quantitative estimate of drug-likeness (QED) is 0.343. The van der Waals surface area contributed by atoms with Gasteiger partial charge in [-0.05, 0) is 48.7 Å². The second-order valence-electron chi connectivity index (χ2n) is 6.28. The number of methoxy groups -OCH3 is 1. The molecule has 2 rings (SSSR count). The third-order valence-electron chi connectivity index (χ3n) is 4.06. The molecule has 0 fully saturated rings. The van der Waals surface area contributed by atoms with E-state index in [1.54, 1.807) is 7.11 Å². The van der Waals surface area contributed by atoms with Gasteiger partial charge in [-0.15, -0.1) is 24.0 Å². The number of benzene rings is 2. The van der Waals surface area contributed by atoms with Crippen LogP contribution in [0.4, 0.5) is 5.69 Å². The molecule has 0 aliphatic carbocycles. The number of ether oxygens (including phenoxy) is 1. The van der Waals surface area contributed by atoms with Crippen LogP contribution in [-0.2, 0) is 13.0 Å². The summed E-state index contributed by atoms with van der Waals surface area (Å²) >= 11 is 0. The molecule has 5 nitrogen and oxygen atoms in total. The smallest absolute Gasteiger partial charge is 0.191 e. The Morgan fingerprint density at radius 1 is 1.04 bits per heavy atom. The highest BCUT2D eigenvalue weighted by Crippen LogP contribution is 2.14. The van der Waals surface area contributed by atoms with Crippen LogP contribution >= 0.6 is 24.0 Å². The Balaban J connectivity index is 0.00000364. The standard InChI is InChI=1S/C21H30N4O.HI/c1-5-22-21(23-14-13-17-9-11-20(26-4)12-10-17)24-16-18-7-6-8-19(15-18)25(2)3;/h6-12,15H,5,13-14,16H2,1-4H3,(H2,22,23,24);1H. The fraction of sp³-hybridized carbons (Fsp3) is 0.381. The lowest BCUT2D eigenvalue weighted by atomic mass is 10.1. The van der Waals surface area contributed by atoms with E-state index in [4.69, 9.17) is 9.73 Å². The molecule has 0 radical (unpaired) electrons. The summed E-state index contributed by atoms with van der Waals surface area (Å²) in [6.45, 7) is 4.40. The number of rotatable bonds is 8. The molecular weight excluding hydrogens is 451 g/mol. The van der Waals surface area contributed by atoms with E-state index in [1.807, 2.05) is 26.2 Å². The highest BCUT2D eigenvalue weighted by atomic mass is 127. The Morgan fingerprint density at radius 2 is 1.78 bits per heavy atom. The van der Waals surface area contributed by atoms with E-state index in [0.717, 1.165) is 31.2 Å². The van der Waals surface area contributed by atoms with Crippen molar-refractivity contribution in [1.29, 1.82) is 0 Å². The lowest BCUT2D eigenvalue weighted by Crippen LogP contribution is -2.38. The van der Waals surface area contributed by atoms with Gasteiger partial charge in [0.2, 0.25) is 0 Å². The molecule has 2 aromatic carbocycles. The second kappa shape index (κ2) is 12.4. The molecule has 2 N–H and O–H groups in total. The van der Waals surface area contributed by atoms with Crippen LogP contribution in [-0.4, -0.2) is 40.3 Å². The summed E-state index contributed by atoms with van der Waals surface area (Å²) in [5, 5.41) is 6.71. The molecule has 0 aromatic heterocycles. The second-order valence-corrected chi connectivity index (χ2v) is 6.28. The molecule has 0 saturated heterocycles. The van der Waals surface area contributed by atoms with Crippen molar-refractivity contribution in [3.63, 3.8) is 0 Å². The first kappa shape index (κ1) is 23.1. The van der Waals surface area contributed by atoms with Crippen molar-refractivity contribution < 1.29 is 4.74 Å². The molecule has 0 aliphatic rings. The van der Waals surface area contributed by atoms with Crippen molar-refractivity contribution in [3.8, 4) is 5.75 Å². The summed E-state index contributed by atoms with van der Waals surface area (Å²) in [4.78, 5) is 6.80. The zero-order chi connectivity index (χ0) is 18.8. The minimum atomic E-state index is 0. The molecule has 0 amide bonds. The maximum Gasteiger partial charge on any atom is 0.191 e. The van der Waals surface area contributed by atoms with Gasteiger partial charge in [0.1, 0.15) is 5.75 Å². The zero-order valence-corrected chi connectivity index (χ0v) is 19.0. The summed E-state index contributed by atoms with van der Waals surface area (Å²) in [6, 6.07) is 16.6. The summed E-state index contributed by atoms with van der Waals surface area (Å²) < 4.78 is 5.19. The third-order valence-corrected chi connectivity index (χ3v) is 4.06. The van der Waals surface area contributed by atoms with E-state index in [2.05, 4.69) is 58.9 Å². The Morgan fingerprint density at radius 3 is 2.41 bits per heavy atom. The summed E-state index contributed by atoms with van der Waals surface area (Å²) in [7, 11) is 5.78. The first-order valence-electron chi connectivity index (χ1n) is 9.03. The van der Waals surface area contributed by atoms with E-state index in [-0.39, 0.29) is 24.0 Å². The Bertz CT molecular complexity index is 702. The van der Waals surface area contributed by atoms with Crippen molar-refractivity contribution in [3.05, 3.63) is 59.7 Å². The highest BCUT2D eigenvalue weighted by molar-refractivity contribution is 14.0. The van der Waals surface area contributed by atoms with Crippen molar-refractivity contribution in [2.75, 3.05) is 39.2 Å². The van der Waals surface area contributed by atoms with Crippen LogP contribution in [0, 0.1) is 0 Å². The normalized spacial score (nSPS) is 10.7. The first-order valence-corrected chi connectivity index (χ1v) is 9.03. The molecule has 0 unspecified atom stereocenters. The van der Waals surface area contributed by atoms with Gasteiger partial charge in [-0.2, -0.15) is 0 Å². The van der Waals surface area contributed by atoms with Gasteiger partial charge in [-0.25, -0.2) is 4.99 Å². The average Bonchev–Trinajstić information content (AvgIpc) is 2.67. The van der Waals surface area contributed by atoms with Crippen molar-refractivity contribution in [1.82, 2.24) is 10.6 Å². The molecule has 0 aliphatic heterocycles. The summed E-state index contributed by atoms with van der Waals surface area (Å²) in [6.07, 6.45) is 0.935. The number of anilines is 1. The number of nitrogens with zero attached hydrogens (tertiary/aromatic N) is 2. The minimum Gasteiger partial charge on any atom is -0.497 e. The third kappa shape index (κ3) is 8.07. The van der Waals surface area contributed by atoms with Gasteiger partial charge in [0, 0.05) is 32.9 Å². The number of nitrogens with one attached hydrogen (secondary N) is 2. The van der Waals surface area contributed by atoms with Crippen molar-refractivity contribution in [2.24, 2.45) is 4.99 Å². The molecule has 6 heteroatoms. The maximum absolute atomic E-state index is 5.19. The topological polar surface area (TPSA) is 48.9 Å². The van der Waals surface area contributed by atoms with E-state index in [0.29, 0.717) is 6.54 Å². The molecule has 0 spiro atoms. The molecule has 0 heterocycles. The Labute approximate surface area is 180 Å². The van der Waals surface area contributed by atoms with Gasteiger partial charge in [-0.1, -0.05) is 24.3 Å². The van der Waals surface area contributed by atoms with Crippen molar-refractivity contribution in [2.45, 2.75) is 19.9 Å². The van der Waals surface area contributed by atoms with Gasteiger partial charge in [0.15, 0.2) is 5.96 Å². The van der Waals surface area contributed by atoms with Crippen molar-refractivity contribution >= 4 is 35.6 Å². The number of halogens is 1. The summed E-state index contributed by atoms with van der Waals surface area (Å²) in [5.41, 5.74) is 3.66. The lowest BCUT2D eigenvalue weighted by molar-refractivity contribution is 0.414. The van der Waals surface area contributed by atoms with Crippen LogP contribution in [0.5, 0.6) is 5.75 Å². The number of aliphatic imine (C=N–C) groups is 1. The van der Waals surface area contributed by atoms with Gasteiger partial charge >= 0.3 is 0 Å². The van der Waals surface area contributed by atoms with E-state index in [1.165, 1.54) is 16.8 Å². The number of hydrogen-bond donors (Lipinski definition) is 2. The Hall–Kier alpha value is -1.96. The van der Waals surface area contributed by atoms with Crippen LogP contribution in [0.1, 0.15) is 18.1 Å². The van der Waals surface area contributed by atoms with Crippen LogP contribution in [0.15, 0.2) is 53.5 Å². The SMILES string of the molecule is CCNC(=NCc1cccc(N(C)C)c1)NCCc1ccc(OC)cc1.I. The zero-order valence-electron chi connectivity index (χ0n) is 16.7. The molecule has 0 saturated carbocycles. The lowest BCUT2D eigenvalue weighted by Gasteiger charge is -2.14. The fourth-order valence-corrected chi connectivity index (χ4v) is 2.56. The fourth-order valence-electron chi connectivity index (χ4n) is 2.56. The predicted molar refractivity (Wildman–Crippen MR) is 126 cm³/mol. The minimum absolute atomic E-state index is 0. The van der Waals surface area contributed by atoms with Gasteiger partial charge in [-0.3, -0.25) is 0 Å². The van der Waals surface area contributed by atoms with E-state index < -0.39 is 0 Å². The van der Waals surface area contributed by atoms with Gasteiger partial charge in [0.05, 0.1) is 13.7 Å². The summed E-state index contributed by atoms with van der Waals surface area (Å²) in [5.74, 6) is 1.73. The average molecular weight is 482 g/mol. The predicted octanol–water partition coefficient (Wildman–Crippen LogP) is 3.68. The Kier molecular flexibility index (Phi) is 10.6. The molecule has 148 valence electrons. The molecule has 2 aromatic rings. The highest BCUT2D eigenvalue weighted by Gasteiger charge is 2.01. The number of hydrogen-bond acceptors (Lipinski definition) is 3. The van der Waals surface area contributed by atoms with E-state index >= 15 is 0 Å². The van der Waals surface area contributed by atoms with Crippen LogP contribution in [0.3, 0.4) is 0 Å². The monoisotopic (exact) mass is 482 g/mol. The van der Waals surface area contributed by atoms with Crippen LogP contribution in [0.2, 0.25) is 0 Å². The molecule has 0 bridgehead atoms. The van der Waals surface area contributed by atoms with Crippen LogP contribution < -0.4 is 20.3 Å².